The van der Waals surface area contributed by atoms with Gasteiger partial charge in [-0.2, -0.15) is 0 Å². The van der Waals surface area contributed by atoms with E-state index in [0.717, 1.165) is 18.2 Å². The van der Waals surface area contributed by atoms with Gasteiger partial charge in [0, 0.05) is 6.07 Å². The van der Waals surface area contributed by atoms with E-state index >= 15 is 0 Å². The second kappa shape index (κ2) is 6.30. The third-order valence-corrected chi connectivity index (χ3v) is 2.68. The van der Waals surface area contributed by atoms with Crippen LogP contribution in [-0.4, -0.2) is 12.0 Å². The molecule has 0 aliphatic heterocycles. The summed E-state index contributed by atoms with van der Waals surface area (Å²) in [6.45, 7) is 1.44. The Labute approximate surface area is 119 Å². The first kappa shape index (κ1) is 14.9. The molecule has 0 aromatic heterocycles. The molecule has 1 N–H and O–H groups in total. The number of rotatable bonds is 4. The van der Waals surface area contributed by atoms with Crippen LogP contribution >= 0.6 is 0 Å². The number of nitrogens with one attached hydrogen (secondary N) is 1. The lowest BCUT2D eigenvalue weighted by atomic mass is 10.2. The molecule has 21 heavy (non-hydrogen) atoms. The zero-order chi connectivity index (χ0) is 15.4. The highest BCUT2D eigenvalue weighted by atomic mass is 19.1. The van der Waals surface area contributed by atoms with Gasteiger partial charge in [-0.15, -0.1) is 0 Å². The molecule has 0 bridgehead atoms. The van der Waals surface area contributed by atoms with Gasteiger partial charge in [0.1, 0.15) is 23.2 Å². The second-order valence-corrected chi connectivity index (χ2v) is 4.33. The fourth-order valence-electron chi connectivity index (χ4n) is 1.60. The summed E-state index contributed by atoms with van der Waals surface area (Å²) in [4.78, 5) is 11.8. The molecule has 2 aromatic rings. The normalized spacial score (nSPS) is 11.8. The average Bonchev–Trinajstić information content (AvgIpc) is 2.45. The molecule has 0 saturated carbocycles. The first-order valence-corrected chi connectivity index (χ1v) is 6.14. The maximum absolute atomic E-state index is 13.4. The van der Waals surface area contributed by atoms with Crippen molar-refractivity contribution in [3.8, 4) is 5.75 Å². The number of amides is 1. The molecule has 0 heterocycles. The Morgan fingerprint density at radius 1 is 1.05 bits per heavy atom. The molecule has 1 unspecified atom stereocenters. The summed E-state index contributed by atoms with van der Waals surface area (Å²) in [5.41, 5.74) is -0.269. The molecule has 3 nitrogen and oxygen atoms in total. The van der Waals surface area contributed by atoms with Crippen molar-refractivity contribution < 1.29 is 22.7 Å². The number of hydrogen-bond donors (Lipinski definition) is 1. The molecule has 0 saturated heterocycles. The topological polar surface area (TPSA) is 38.3 Å². The highest BCUT2D eigenvalue weighted by Gasteiger charge is 2.17. The van der Waals surface area contributed by atoms with E-state index in [-0.39, 0.29) is 5.69 Å². The molecule has 2 aromatic carbocycles. The summed E-state index contributed by atoms with van der Waals surface area (Å²) in [6.07, 6.45) is -0.960. The van der Waals surface area contributed by atoms with Crippen LogP contribution in [0.15, 0.2) is 42.5 Å². The summed E-state index contributed by atoms with van der Waals surface area (Å²) in [5, 5.41) is 2.23. The first-order chi connectivity index (χ1) is 9.95. The van der Waals surface area contributed by atoms with Crippen LogP contribution in [0, 0.1) is 17.5 Å². The quantitative estimate of drug-likeness (QED) is 0.937. The summed E-state index contributed by atoms with van der Waals surface area (Å²) < 4.78 is 44.4. The number of hydrogen-bond acceptors (Lipinski definition) is 2. The van der Waals surface area contributed by atoms with E-state index < -0.39 is 29.5 Å². The molecule has 0 fully saturated rings. The average molecular weight is 295 g/mol. The standard InChI is InChI=1S/C15H12F3NO2/c1-9(21-12-5-2-10(16)3-6-12)15(20)19-14-8-11(17)4-7-13(14)18/h2-9H,1H3,(H,19,20). The minimum atomic E-state index is -0.960. The Morgan fingerprint density at radius 3 is 2.33 bits per heavy atom. The van der Waals surface area contributed by atoms with Crippen molar-refractivity contribution in [1.29, 1.82) is 0 Å². The van der Waals surface area contributed by atoms with Gasteiger partial charge >= 0.3 is 0 Å². The fraction of sp³-hybridized carbons (Fsp3) is 0.133. The number of anilines is 1. The fourth-order valence-corrected chi connectivity index (χ4v) is 1.60. The molecule has 1 atom stereocenters. The number of ether oxygens (including phenoxy) is 1. The second-order valence-electron chi connectivity index (χ2n) is 4.33. The Bertz CT molecular complexity index is 644. The van der Waals surface area contributed by atoms with E-state index in [1.54, 1.807) is 0 Å². The van der Waals surface area contributed by atoms with Crippen LogP contribution in [0.5, 0.6) is 5.75 Å². The summed E-state index contributed by atoms with van der Waals surface area (Å²) in [7, 11) is 0. The number of benzene rings is 2. The van der Waals surface area contributed by atoms with E-state index in [0.29, 0.717) is 5.75 Å². The number of carbonyl (C=O) groups is 1. The van der Waals surface area contributed by atoms with Crippen molar-refractivity contribution in [2.75, 3.05) is 5.32 Å². The summed E-state index contributed by atoms with van der Waals surface area (Å²) in [6, 6.07) is 7.83. The molecular weight excluding hydrogens is 283 g/mol. The Morgan fingerprint density at radius 2 is 1.67 bits per heavy atom. The van der Waals surface area contributed by atoms with E-state index in [1.165, 1.54) is 31.2 Å². The van der Waals surface area contributed by atoms with Gasteiger partial charge in [0.05, 0.1) is 5.69 Å². The molecule has 6 heteroatoms. The number of carbonyl (C=O) groups excluding carboxylic acids is 1. The van der Waals surface area contributed by atoms with Crippen LogP contribution in [0.2, 0.25) is 0 Å². The number of halogens is 3. The molecule has 110 valence electrons. The van der Waals surface area contributed by atoms with Gasteiger partial charge in [-0.3, -0.25) is 4.79 Å². The zero-order valence-corrected chi connectivity index (χ0v) is 11.1. The van der Waals surface area contributed by atoms with Crippen LogP contribution in [0.1, 0.15) is 6.92 Å². The van der Waals surface area contributed by atoms with Crippen LogP contribution in [0.4, 0.5) is 18.9 Å². The van der Waals surface area contributed by atoms with Gasteiger partial charge in [-0.25, -0.2) is 13.2 Å². The van der Waals surface area contributed by atoms with E-state index in [9.17, 15) is 18.0 Å². The Kier molecular flexibility index (Phi) is 4.47. The summed E-state index contributed by atoms with van der Waals surface area (Å²) in [5.74, 6) is -2.21. The predicted molar refractivity (Wildman–Crippen MR) is 71.5 cm³/mol. The predicted octanol–water partition coefficient (Wildman–Crippen LogP) is 3.51. The maximum Gasteiger partial charge on any atom is 0.265 e. The molecular formula is C15H12F3NO2. The lowest BCUT2D eigenvalue weighted by molar-refractivity contribution is -0.122. The Balaban J connectivity index is 2.02. The van der Waals surface area contributed by atoms with Gasteiger partial charge in [-0.05, 0) is 43.3 Å². The SMILES string of the molecule is CC(Oc1ccc(F)cc1)C(=O)Nc1cc(F)ccc1F. The van der Waals surface area contributed by atoms with Crippen molar-refractivity contribution >= 4 is 11.6 Å². The van der Waals surface area contributed by atoms with Gasteiger partial charge in [0.2, 0.25) is 0 Å². The minimum Gasteiger partial charge on any atom is -0.481 e. The highest BCUT2D eigenvalue weighted by molar-refractivity contribution is 5.94. The van der Waals surface area contributed by atoms with E-state index in [1.807, 2.05) is 0 Å². The van der Waals surface area contributed by atoms with Crippen molar-refractivity contribution in [2.24, 2.45) is 0 Å². The van der Waals surface area contributed by atoms with Gasteiger partial charge < -0.3 is 10.1 Å². The third kappa shape index (κ3) is 3.98. The van der Waals surface area contributed by atoms with Gasteiger partial charge in [-0.1, -0.05) is 0 Å². The van der Waals surface area contributed by atoms with E-state index in [4.69, 9.17) is 4.74 Å². The van der Waals surface area contributed by atoms with Crippen molar-refractivity contribution in [3.05, 3.63) is 59.9 Å². The molecule has 0 aliphatic rings. The Hall–Kier alpha value is -2.50. The molecule has 0 aliphatic carbocycles. The van der Waals surface area contributed by atoms with Crippen molar-refractivity contribution in [2.45, 2.75) is 13.0 Å². The first-order valence-electron chi connectivity index (χ1n) is 6.14. The monoisotopic (exact) mass is 295 g/mol. The third-order valence-electron chi connectivity index (χ3n) is 2.68. The lowest BCUT2D eigenvalue weighted by Gasteiger charge is -2.15. The van der Waals surface area contributed by atoms with Gasteiger partial charge in [0.25, 0.3) is 5.91 Å². The molecule has 2 rings (SSSR count). The largest absolute Gasteiger partial charge is 0.481 e. The van der Waals surface area contributed by atoms with Crippen LogP contribution in [-0.2, 0) is 4.79 Å². The smallest absolute Gasteiger partial charge is 0.265 e. The molecule has 0 radical (unpaired) electrons. The van der Waals surface area contributed by atoms with Crippen molar-refractivity contribution in [1.82, 2.24) is 0 Å². The molecule has 1 amide bonds. The van der Waals surface area contributed by atoms with Gasteiger partial charge in [0.15, 0.2) is 6.10 Å². The van der Waals surface area contributed by atoms with Crippen LogP contribution in [0.3, 0.4) is 0 Å². The maximum atomic E-state index is 13.4. The van der Waals surface area contributed by atoms with Crippen molar-refractivity contribution in [3.63, 3.8) is 0 Å². The van der Waals surface area contributed by atoms with Crippen LogP contribution in [0.25, 0.3) is 0 Å². The highest BCUT2D eigenvalue weighted by Crippen LogP contribution is 2.17. The van der Waals surface area contributed by atoms with E-state index in [2.05, 4.69) is 5.32 Å². The minimum absolute atomic E-state index is 0.269. The zero-order valence-electron chi connectivity index (χ0n) is 11.1. The lowest BCUT2D eigenvalue weighted by Crippen LogP contribution is -2.30. The summed E-state index contributed by atoms with van der Waals surface area (Å²) >= 11 is 0. The molecule has 0 spiro atoms. The van der Waals surface area contributed by atoms with Crippen LogP contribution < -0.4 is 10.1 Å².